The maximum atomic E-state index is 11.6. The summed E-state index contributed by atoms with van der Waals surface area (Å²) in [6.07, 6.45) is 2.26. The van der Waals surface area contributed by atoms with Gasteiger partial charge in [0.05, 0.1) is 26.2 Å². The van der Waals surface area contributed by atoms with Gasteiger partial charge in [-0.1, -0.05) is 0 Å². The Hall–Kier alpha value is -1.45. The molecule has 1 atom stereocenters. The number of hydrogen-bond acceptors (Lipinski definition) is 6. The Balaban J connectivity index is 2.84. The molecule has 8 nitrogen and oxygen atoms in total. The normalized spacial score (nSPS) is 13.4. The fraction of sp³-hybridized carbons (Fsp3) is 0.429. The molecule has 3 N–H and O–H groups in total. The molecule has 9 heteroatoms. The number of aromatic amines is 1. The molecule has 0 fully saturated rings. The number of H-pyrrole nitrogens is 1. The van der Waals surface area contributed by atoms with E-state index >= 15 is 0 Å². The van der Waals surface area contributed by atoms with Crippen molar-refractivity contribution in [3.05, 3.63) is 12.5 Å². The molecule has 0 saturated heterocycles. The molecule has 1 heterocycles. The van der Waals surface area contributed by atoms with Crippen LogP contribution in [0.25, 0.3) is 0 Å². The molecule has 0 saturated carbocycles. The van der Waals surface area contributed by atoms with E-state index in [2.05, 4.69) is 14.7 Å². The van der Waals surface area contributed by atoms with E-state index in [-0.39, 0.29) is 5.03 Å². The van der Waals surface area contributed by atoms with Crippen LogP contribution in [-0.2, 0) is 19.6 Å². The summed E-state index contributed by atoms with van der Waals surface area (Å²) in [7, 11) is -2.82. The Labute approximate surface area is 91.7 Å². The molecule has 0 amide bonds. The van der Waals surface area contributed by atoms with E-state index in [1.807, 2.05) is 4.72 Å². The van der Waals surface area contributed by atoms with Gasteiger partial charge in [-0.15, -0.1) is 0 Å². The first-order chi connectivity index (χ1) is 7.51. The van der Waals surface area contributed by atoms with Crippen LogP contribution >= 0.6 is 0 Å². The number of nitrogens with zero attached hydrogens (tertiary/aromatic N) is 1. The van der Waals surface area contributed by atoms with Gasteiger partial charge in [-0.3, -0.25) is 4.79 Å². The van der Waals surface area contributed by atoms with Crippen LogP contribution in [0.1, 0.15) is 0 Å². The number of imidazole rings is 1. The summed E-state index contributed by atoms with van der Waals surface area (Å²) < 4.78 is 29.5. The summed E-state index contributed by atoms with van der Waals surface area (Å²) in [5, 5.41) is 8.64. The first-order valence-electron chi connectivity index (χ1n) is 4.20. The zero-order chi connectivity index (χ0) is 12.2. The minimum Gasteiger partial charge on any atom is -0.468 e. The van der Waals surface area contributed by atoms with E-state index in [0.717, 1.165) is 13.3 Å². The highest BCUT2D eigenvalue weighted by molar-refractivity contribution is 7.89. The van der Waals surface area contributed by atoms with Gasteiger partial charge in [0, 0.05) is 0 Å². The van der Waals surface area contributed by atoms with Gasteiger partial charge in [0.25, 0.3) is 10.0 Å². The average Bonchev–Trinajstić information content (AvgIpc) is 2.78. The van der Waals surface area contributed by atoms with E-state index in [1.54, 1.807) is 0 Å². The summed E-state index contributed by atoms with van der Waals surface area (Å²) in [4.78, 5) is 17.0. The molecule has 0 radical (unpaired) electrons. The fourth-order valence-electron chi connectivity index (χ4n) is 0.943. The number of nitrogens with one attached hydrogen (secondary N) is 2. The Morgan fingerprint density at radius 1 is 1.75 bits per heavy atom. The second-order valence-corrected chi connectivity index (χ2v) is 4.48. The van der Waals surface area contributed by atoms with Crippen molar-refractivity contribution >= 4 is 16.0 Å². The molecule has 0 bridgehead atoms. The summed E-state index contributed by atoms with van der Waals surface area (Å²) in [6, 6.07) is -1.33. The smallest absolute Gasteiger partial charge is 0.326 e. The standard InChI is InChI=1S/C7H11N3O5S/c1-15-7(12)5(3-11)10-16(13,14)6-2-8-4-9-6/h2,4-5,10-11H,3H2,1H3,(H,8,9). The molecule has 0 spiro atoms. The number of rotatable bonds is 5. The third-order valence-electron chi connectivity index (χ3n) is 1.73. The molecule has 0 aliphatic rings. The van der Waals surface area contributed by atoms with Crippen LogP contribution < -0.4 is 4.72 Å². The minimum absolute atomic E-state index is 0.199. The highest BCUT2D eigenvalue weighted by Gasteiger charge is 2.26. The van der Waals surface area contributed by atoms with Gasteiger partial charge in [-0.25, -0.2) is 13.4 Å². The van der Waals surface area contributed by atoms with E-state index in [9.17, 15) is 13.2 Å². The van der Waals surface area contributed by atoms with Gasteiger partial charge in [-0.2, -0.15) is 4.72 Å². The Morgan fingerprint density at radius 2 is 2.44 bits per heavy atom. The zero-order valence-corrected chi connectivity index (χ0v) is 9.19. The maximum Gasteiger partial charge on any atom is 0.326 e. The van der Waals surface area contributed by atoms with Crippen LogP contribution in [0.5, 0.6) is 0 Å². The van der Waals surface area contributed by atoms with Crippen molar-refractivity contribution < 1.29 is 23.1 Å². The van der Waals surface area contributed by atoms with Gasteiger partial charge in [0.2, 0.25) is 0 Å². The average molecular weight is 249 g/mol. The number of sulfonamides is 1. The number of ether oxygens (including phenoxy) is 1. The Bertz CT molecular complexity index is 441. The lowest BCUT2D eigenvalue weighted by Crippen LogP contribution is -2.44. The quantitative estimate of drug-likeness (QED) is 0.530. The molecule has 1 rings (SSSR count). The summed E-state index contributed by atoms with van der Waals surface area (Å²) in [6.45, 7) is -0.694. The van der Waals surface area contributed by atoms with E-state index in [1.165, 1.54) is 6.33 Å². The van der Waals surface area contributed by atoms with Crippen LogP contribution in [0.3, 0.4) is 0 Å². The van der Waals surface area contributed by atoms with Crippen LogP contribution in [-0.4, -0.2) is 49.2 Å². The molecule has 1 aromatic rings. The SMILES string of the molecule is COC(=O)C(CO)NS(=O)(=O)c1cnc[nH]1. The van der Waals surface area contributed by atoms with Crippen molar-refractivity contribution in [3.63, 3.8) is 0 Å². The molecule has 16 heavy (non-hydrogen) atoms. The van der Waals surface area contributed by atoms with Gasteiger partial charge in [-0.05, 0) is 0 Å². The van der Waals surface area contributed by atoms with Crippen molar-refractivity contribution in [2.24, 2.45) is 0 Å². The number of aliphatic hydroxyl groups is 1. The van der Waals surface area contributed by atoms with Crippen molar-refractivity contribution in [2.75, 3.05) is 13.7 Å². The molecule has 1 aromatic heterocycles. The zero-order valence-electron chi connectivity index (χ0n) is 8.37. The molecular formula is C7H11N3O5S. The van der Waals surface area contributed by atoms with Crippen molar-refractivity contribution in [2.45, 2.75) is 11.1 Å². The monoisotopic (exact) mass is 249 g/mol. The van der Waals surface area contributed by atoms with Gasteiger partial charge < -0.3 is 14.8 Å². The Kier molecular flexibility index (Phi) is 3.99. The van der Waals surface area contributed by atoms with Gasteiger partial charge in [0.15, 0.2) is 5.03 Å². The number of aliphatic hydroxyl groups excluding tert-OH is 1. The molecule has 0 aliphatic carbocycles. The second kappa shape index (κ2) is 5.05. The predicted molar refractivity (Wildman–Crippen MR) is 51.8 cm³/mol. The van der Waals surface area contributed by atoms with E-state index in [0.29, 0.717) is 0 Å². The first kappa shape index (κ1) is 12.6. The summed E-state index contributed by atoms with van der Waals surface area (Å²) in [5.41, 5.74) is 0. The molecule has 1 unspecified atom stereocenters. The number of methoxy groups -OCH3 is 1. The number of esters is 1. The topological polar surface area (TPSA) is 121 Å². The number of carbonyl (C=O) groups is 1. The van der Waals surface area contributed by atoms with Crippen LogP contribution in [0.15, 0.2) is 17.6 Å². The maximum absolute atomic E-state index is 11.6. The predicted octanol–water partition coefficient (Wildman–Crippen LogP) is -1.78. The van der Waals surface area contributed by atoms with Crippen LogP contribution in [0.2, 0.25) is 0 Å². The van der Waals surface area contributed by atoms with Crippen LogP contribution in [0.4, 0.5) is 0 Å². The molecular weight excluding hydrogens is 238 g/mol. The highest BCUT2D eigenvalue weighted by Crippen LogP contribution is 2.03. The lowest BCUT2D eigenvalue weighted by molar-refractivity contribution is -0.143. The van der Waals surface area contributed by atoms with E-state index in [4.69, 9.17) is 5.11 Å². The largest absolute Gasteiger partial charge is 0.468 e. The lowest BCUT2D eigenvalue weighted by atomic mass is 10.3. The van der Waals surface area contributed by atoms with E-state index < -0.39 is 28.6 Å². The number of hydrogen-bond donors (Lipinski definition) is 3. The minimum atomic E-state index is -3.91. The first-order valence-corrected chi connectivity index (χ1v) is 5.69. The van der Waals surface area contributed by atoms with Crippen molar-refractivity contribution in [3.8, 4) is 0 Å². The fourth-order valence-corrected chi connectivity index (χ4v) is 2.02. The van der Waals surface area contributed by atoms with Crippen molar-refractivity contribution in [1.82, 2.24) is 14.7 Å². The lowest BCUT2D eigenvalue weighted by Gasteiger charge is -2.12. The Morgan fingerprint density at radius 3 is 2.88 bits per heavy atom. The van der Waals surface area contributed by atoms with Gasteiger partial charge >= 0.3 is 5.97 Å². The molecule has 0 aromatic carbocycles. The third kappa shape index (κ3) is 2.78. The molecule has 0 aliphatic heterocycles. The number of aromatic nitrogens is 2. The summed E-state index contributed by atoms with van der Waals surface area (Å²) in [5.74, 6) is -0.870. The number of carbonyl (C=O) groups excluding carboxylic acids is 1. The van der Waals surface area contributed by atoms with Crippen molar-refractivity contribution in [1.29, 1.82) is 0 Å². The van der Waals surface area contributed by atoms with Crippen LogP contribution in [0, 0.1) is 0 Å². The highest BCUT2D eigenvalue weighted by atomic mass is 32.2. The van der Waals surface area contributed by atoms with Gasteiger partial charge in [0.1, 0.15) is 6.04 Å². The summed E-state index contributed by atoms with van der Waals surface area (Å²) >= 11 is 0. The molecule has 90 valence electrons. The second-order valence-electron chi connectivity index (χ2n) is 2.80. The third-order valence-corrected chi connectivity index (χ3v) is 3.13.